The molecule has 0 bridgehead atoms. The Balaban J connectivity index is 3.35. The summed E-state index contributed by atoms with van der Waals surface area (Å²) < 4.78 is 37.0. The van der Waals surface area contributed by atoms with Gasteiger partial charge in [0.05, 0.1) is 3.57 Å². The second-order valence-corrected chi connectivity index (χ2v) is 3.23. The van der Waals surface area contributed by atoms with Gasteiger partial charge in [-0.3, -0.25) is 4.79 Å². The van der Waals surface area contributed by atoms with Crippen molar-refractivity contribution < 1.29 is 18.0 Å². The van der Waals surface area contributed by atoms with Gasteiger partial charge in [-0.25, -0.2) is 13.8 Å². The lowest BCUT2D eigenvalue weighted by Crippen LogP contribution is -2.01. The van der Waals surface area contributed by atoms with Gasteiger partial charge in [-0.05, 0) is 22.6 Å². The van der Waals surface area contributed by atoms with Crippen LogP contribution in [0.1, 0.15) is 22.5 Å². The summed E-state index contributed by atoms with van der Waals surface area (Å²) in [6, 6.07) is 0.624. The van der Waals surface area contributed by atoms with Crippen LogP contribution in [-0.2, 0) is 0 Å². The van der Waals surface area contributed by atoms with Crippen LogP contribution in [-0.4, -0.2) is 11.3 Å². The van der Waals surface area contributed by atoms with Crippen LogP contribution in [0, 0.1) is 9.52 Å². The standard InChI is InChI=1S/C7H3F3INO/c8-5-1-3(7(9)10)6(11)4(2-13)12-5/h1-2,7H. The van der Waals surface area contributed by atoms with Crippen LogP contribution in [0.3, 0.4) is 0 Å². The summed E-state index contributed by atoms with van der Waals surface area (Å²) in [7, 11) is 0. The molecular formula is C7H3F3INO. The van der Waals surface area contributed by atoms with Crippen molar-refractivity contribution in [1.29, 1.82) is 0 Å². The molecule has 70 valence electrons. The molecule has 0 unspecified atom stereocenters. The summed E-state index contributed by atoms with van der Waals surface area (Å²) in [5.74, 6) is -1.07. The average molecular weight is 301 g/mol. The topological polar surface area (TPSA) is 30.0 Å². The van der Waals surface area contributed by atoms with Crippen molar-refractivity contribution >= 4 is 28.9 Å². The molecule has 1 heterocycles. The van der Waals surface area contributed by atoms with Gasteiger partial charge >= 0.3 is 0 Å². The predicted octanol–water partition coefficient (Wildman–Crippen LogP) is 2.58. The van der Waals surface area contributed by atoms with E-state index in [1.165, 1.54) is 22.6 Å². The first kappa shape index (κ1) is 10.4. The number of aromatic nitrogens is 1. The first-order valence-corrected chi connectivity index (χ1v) is 4.23. The van der Waals surface area contributed by atoms with Crippen molar-refractivity contribution in [3.05, 3.63) is 26.8 Å². The third-order valence-corrected chi connectivity index (χ3v) is 2.50. The zero-order valence-electron chi connectivity index (χ0n) is 6.10. The maximum Gasteiger partial charge on any atom is 0.265 e. The number of alkyl halides is 2. The molecule has 0 aliphatic rings. The Hall–Kier alpha value is -0.660. The maximum atomic E-state index is 12.5. The van der Waals surface area contributed by atoms with Gasteiger partial charge in [0.1, 0.15) is 5.69 Å². The molecule has 0 fully saturated rings. The molecule has 0 spiro atoms. The molecule has 0 saturated heterocycles. The Morgan fingerprint density at radius 2 is 2.15 bits per heavy atom. The van der Waals surface area contributed by atoms with Crippen LogP contribution >= 0.6 is 22.6 Å². The minimum absolute atomic E-state index is 0.0102. The van der Waals surface area contributed by atoms with Crippen LogP contribution in [0.15, 0.2) is 6.07 Å². The highest BCUT2D eigenvalue weighted by atomic mass is 127. The molecule has 1 rings (SSSR count). The molecule has 0 aromatic carbocycles. The number of aldehydes is 1. The van der Waals surface area contributed by atoms with Gasteiger partial charge < -0.3 is 0 Å². The first-order valence-electron chi connectivity index (χ1n) is 3.15. The van der Waals surface area contributed by atoms with E-state index in [4.69, 9.17) is 0 Å². The van der Waals surface area contributed by atoms with E-state index in [0.717, 1.165) is 0 Å². The summed E-state index contributed by atoms with van der Waals surface area (Å²) in [4.78, 5) is 13.4. The molecular weight excluding hydrogens is 298 g/mol. The third kappa shape index (κ3) is 2.17. The van der Waals surface area contributed by atoms with E-state index in [9.17, 15) is 18.0 Å². The van der Waals surface area contributed by atoms with E-state index in [1.54, 1.807) is 0 Å². The summed E-state index contributed by atoms with van der Waals surface area (Å²) in [5, 5.41) is 0. The zero-order chi connectivity index (χ0) is 10.0. The SMILES string of the molecule is O=Cc1nc(F)cc(C(F)F)c1I. The van der Waals surface area contributed by atoms with Crippen molar-refractivity contribution in [2.45, 2.75) is 6.43 Å². The van der Waals surface area contributed by atoms with E-state index in [-0.39, 0.29) is 15.6 Å². The average Bonchev–Trinajstić information content (AvgIpc) is 2.08. The highest BCUT2D eigenvalue weighted by Gasteiger charge is 2.17. The largest absolute Gasteiger partial charge is 0.296 e. The van der Waals surface area contributed by atoms with Crippen molar-refractivity contribution in [3.63, 3.8) is 0 Å². The minimum atomic E-state index is -2.80. The van der Waals surface area contributed by atoms with E-state index < -0.39 is 17.9 Å². The maximum absolute atomic E-state index is 12.5. The molecule has 0 aliphatic heterocycles. The van der Waals surface area contributed by atoms with Crippen LogP contribution in [0.5, 0.6) is 0 Å². The Labute approximate surface area is 85.3 Å². The van der Waals surface area contributed by atoms with Crippen LogP contribution in [0.2, 0.25) is 0 Å². The molecule has 6 heteroatoms. The normalized spacial score (nSPS) is 10.5. The fourth-order valence-corrected chi connectivity index (χ4v) is 1.41. The molecule has 0 radical (unpaired) electrons. The fraction of sp³-hybridized carbons (Fsp3) is 0.143. The van der Waals surface area contributed by atoms with E-state index in [0.29, 0.717) is 6.07 Å². The molecule has 0 saturated carbocycles. The number of carbonyl (C=O) groups is 1. The van der Waals surface area contributed by atoms with Crippen LogP contribution in [0.4, 0.5) is 13.2 Å². The van der Waals surface area contributed by atoms with E-state index in [1.807, 2.05) is 0 Å². The summed E-state index contributed by atoms with van der Waals surface area (Å²) >= 11 is 1.53. The number of hydrogen-bond donors (Lipinski definition) is 0. The molecule has 0 atom stereocenters. The quantitative estimate of drug-likeness (QED) is 0.477. The monoisotopic (exact) mass is 301 g/mol. The van der Waals surface area contributed by atoms with Crippen molar-refractivity contribution in [2.24, 2.45) is 0 Å². The molecule has 1 aromatic rings. The Kier molecular flexibility index (Phi) is 3.23. The number of carbonyl (C=O) groups excluding carboxylic acids is 1. The van der Waals surface area contributed by atoms with Crippen LogP contribution < -0.4 is 0 Å². The molecule has 13 heavy (non-hydrogen) atoms. The highest BCUT2D eigenvalue weighted by Crippen LogP contribution is 2.25. The minimum Gasteiger partial charge on any atom is -0.296 e. The Bertz CT molecular complexity index is 343. The van der Waals surface area contributed by atoms with Crippen molar-refractivity contribution in [1.82, 2.24) is 4.98 Å². The number of nitrogens with zero attached hydrogens (tertiary/aromatic N) is 1. The summed E-state index contributed by atoms with van der Waals surface area (Å²) in [6.45, 7) is 0. The number of halogens is 4. The second kappa shape index (κ2) is 4.03. The van der Waals surface area contributed by atoms with Gasteiger partial charge in [0.25, 0.3) is 6.43 Å². The van der Waals surface area contributed by atoms with Crippen LogP contribution in [0.25, 0.3) is 0 Å². The van der Waals surface area contributed by atoms with Gasteiger partial charge in [0, 0.05) is 11.6 Å². The molecule has 2 nitrogen and oxygen atoms in total. The van der Waals surface area contributed by atoms with Gasteiger partial charge in [-0.1, -0.05) is 0 Å². The number of hydrogen-bond acceptors (Lipinski definition) is 2. The Morgan fingerprint density at radius 3 is 2.62 bits per heavy atom. The smallest absolute Gasteiger partial charge is 0.265 e. The zero-order valence-corrected chi connectivity index (χ0v) is 8.26. The molecule has 0 N–H and O–H groups in total. The first-order chi connectivity index (χ1) is 6.06. The lowest BCUT2D eigenvalue weighted by Gasteiger charge is -2.04. The molecule has 0 aliphatic carbocycles. The molecule has 1 aromatic heterocycles. The van der Waals surface area contributed by atoms with E-state index >= 15 is 0 Å². The van der Waals surface area contributed by atoms with Gasteiger partial charge in [-0.15, -0.1) is 0 Å². The number of rotatable bonds is 2. The van der Waals surface area contributed by atoms with Gasteiger partial charge in [-0.2, -0.15) is 4.39 Å². The summed E-state index contributed by atoms with van der Waals surface area (Å²) in [5.41, 5.74) is -0.800. The lowest BCUT2D eigenvalue weighted by molar-refractivity contribution is 0.111. The Morgan fingerprint density at radius 1 is 1.54 bits per heavy atom. The number of pyridine rings is 1. The second-order valence-electron chi connectivity index (χ2n) is 2.15. The fourth-order valence-electron chi connectivity index (χ4n) is 0.773. The van der Waals surface area contributed by atoms with Gasteiger partial charge in [0.2, 0.25) is 5.95 Å². The van der Waals surface area contributed by atoms with Gasteiger partial charge in [0.15, 0.2) is 6.29 Å². The lowest BCUT2D eigenvalue weighted by atomic mass is 10.2. The summed E-state index contributed by atoms with van der Waals surface area (Å²) in [6.07, 6.45) is -2.56. The predicted molar refractivity (Wildman–Crippen MR) is 47.3 cm³/mol. The van der Waals surface area contributed by atoms with Crippen molar-refractivity contribution in [3.8, 4) is 0 Å². The molecule has 0 amide bonds. The third-order valence-electron chi connectivity index (χ3n) is 1.33. The van der Waals surface area contributed by atoms with Crippen molar-refractivity contribution in [2.75, 3.05) is 0 Å². The highest BCUT2D eigenvalue weighted by molar-refractivity contribution is 14.1. The van der Waals surface area contributed by atoms with E-state index in [2.05, 4.69) is 4.98 Å².